The number of hydrogen-bond acceptors (Lipinski definition) is 8. The molecule has 12 aromatic heterocycles. The molecule has 1 saturated carbocycles. The summed E-state index contributed by atoms with van der Waals surface area (Å²) in [7, 11) is 7.86. The van der Waals surface area contributed by atoms with E-state index in [0.717, 1.165) is 141 Å². The molecule has 1 fully saturated rings. The van der Waals surface area contributed by atoms with Crippen molar-refractivity contribution in [1.82, 2.24) is 19.9 Å². The van der Waals surface area contributed by atoms with Crippen molar-refractivity contribution in [2.75, 3.05) is 0 Å². The summed E-state index contributed by atoms with van der Waals surface area (Å²) < 4.78 is 171. The van der Waals surface area contributed by atoms with Gasteiger partial charge in [-0.15, -0.1) is 0 Å². The van der Waals surface area contributed by atoms with Crippen LogP contribution in [0.15, 0.2) is 218 Å². The van der Waals surface area contributed by atoms with E-state index >= 15 is 0 Å². The van der Waals surface area contributed by atoms with Crippen LogP contribution in [0.1, 0.15) is 111 Å². The second-order valence-corrected chi connectivity index (χ2v) is 35.3. The number of aryl methyl sites for hydroxylation is 8. The van der Waals surface area contributed by atoms with Crippen LogP contribution in [0, 0.1) is 86.7 Å². The van der Waals surface area contributed by atoms with E-state index in [9.17, 15) is 43.9 Å². The Kier molecular flexibility index (Phi) is 20.9. The number of aromatic nitrogens is 8. The average Bonchev–Trinajstić information content (AvgIpc) is 1.56. The highest BCUT2D eigenvalue weighted by molar-refractivity contribution is 6.15. The van der Waals surface area contributed by atoms with Crippen molar-refractivity contribution in [3.8, 4) is 45.0 Å². The third-order valence-corrected chi connectivity index (χ3v) is 24.9. The van der Waals surface area contributed by atoms with Gasteiger partial charge in [0.1, 0.15) is 45.6 Å². The number of rotatable bonds is 8. The molecule has 20 aromatic rings. The second-order valence-electron chi connectivity index (χ2n) is 35.3. The minimum absolute atomic E-state index is 0.0178. The fourth-order valence-electron chi connectivity index (χ4n) is 18.5. The predicted molar refractivity (Wildman–Crippen MR) is 474 cm³/mol. The molecular formula is C104H88F10N8O4+4. The molecule has 126 heavy (non-hydrogen) atoms. The molecule has 0 amide bonds. The Hall–Kier alpha value is -13.5. The normalized spacial score (nSPS) is 13.0. The van der Waals surface area contributed by atoms with Gasteiger partial charge in [-0.1, -0.05) is 138 Å². The van der Waals surface area contributed by atoms with Gasteiger partial charge in [-0.25, -0.2) is 31.4 Å². The topological polar surface area (TPSA) is 120 Å². The Morgan fingerprint density at radius 3 is 1.15 bits per heavy atom. The molecule has 0 spiro atoms. The average molecular weight is 1700 g/mol. The summed E-state index contributed by atoms with van der Waals surface area (Å²) in [6.45, 7) is 19.2. The van der Waals surface area contributed by atoms with E-state index < -0.39 is 52.8 Å². The summed E-state index contributed by atoms with van der Waals surface area (Å²) in [5.74, 6) is -4.75. The highest BCUT2D eigenvalue weighted by Gasteiger charge is 2.47. The van der Waals surface area contributed by atoms with Gasteiger partial charge >= 0.3 is 6.18 Å². The molecule has 634 valence electrons. The monoisotopic (exact) mass is 1700 g/mol. The van der Waals surface area contributed by atoms with Gasteiger partial charge < -0.3 is 17.7 Å². The van der Waals surface area contributed by atoms with E-state index in [1.54, 1.807) is 30.3 Å². The van der Waals surface area contributed by atoms with Gasteiger partial charge in [-0.05, 0) is 180 Å². The van der Waals surface area contributed by atoms with Gasteiger partial charge in [0.05, 0.1) is 65.4 Å². The molecule has 1 aliphatic carbocycles. The number of fused-ring (bicyclic) bond motifs is 16. The van der Waals surface area contributed by atoms with Crippen LogP contribution in [0.4, 0.5) is 43.9 Å². The number of benzene rings is 8. The zero-order valence-corrected chi connectivity index (χ0v) is 71.9. The molecule has 8 aromatic carbocycles. The van der Waals surface area contributed by atoms with Crippen LogP contribution in [-0.4, -0.2) is 26.1 Å². The van der Waals surface area contributed by atoms with Gasteiger partial charge in [0.15, 0.2) is 47.1 Å². The lowest BCUT2D eigenvalue weighted by atomic mass is 9.84. The van der Waals surface area contributed by atoms with Gasteiger partial charge in [0.2, 0.25) is 69.4 Å². The largest absolute Gasteiger partial charge is 0.437 e. The minimum atomic E-state index is -4.33. The van der Waals surface area contributed by atoms with Crippen molar-refractivity contribution in [1.29, 1.82) is 0 Å². The van der Waals surface area contributed by atoms with E-state index in [-0.39, 0.29) is 45.1 Å². The first-order chi connectivity index (χ1) is 60.0. The van der Waals surface area contributed by atoms with Crippen LogP contribution >= 0.6 is 0 Å². The Bertz CT molecular complexity index is 7910. The summed E-state index contributed by atoms with van der Waals surface area (Å²) in [4.78, 5) is 15.3. The fraction of sp³-hybridized carbons (Fsp3) is 0.231. The molecule has 12 heterocycles. The molecule has 1 aliphatic rings. The first-order valence-corrected chi connectivity index (χ1v) is 41.8. The Labute approximate surface area is 717 Å². The highest BCUT2D eigenvalue weighted by atomic mass is 19.4. The third-order valence-electron chi connectivity index (χ3n) is 24.9. The minimum Gasteiger partial charge on any atom is -0.437 e. The van der Waals surface area contributed by atoms with Crippen molar-refractivity contribution < 1.29 is 79.8 Å². The van der Waals surface area contributed by atoms with Crippen molar-refractivity contribution in [2.45, 2.75) is 120 Å². The number of halogens is 10. The molecular weight excluding hydrogens is 1620 g/mol. The van der Waals surface area contributed by atoms with E-state index in [0.29, 0.717) is 55.7 Å². The van der Waals surface area contributed by atoms with Crippen LogP contribution in [-0.2, 0) is 41.0 Å². The molecule has 0 atom stereocenters. The Balaban J connectivity index is 0.000000114. The number of furan rings is 4. The van der Waals surface area contributed by atoms with Gasteiger partial charge in [0.25, 0.3) is 0 Å². The first-order valence-electron chi connectivity index (χ1n) is 41.8. The summed E-state index contributed by atoms with van der Waals surface area (Å²) in [6, 6.07) is 53.7. The van der Waals surface area contributed by atoms with Crippen LogP contribution in [0.2, 0.25) is 0 Å². The molecule has 22 heteroatoms. The Morgan fingerprint density at radius 1 is 0.341 bits per heavy atom. The zero-order chi connectivity index (χ0) is 88.8. The molecule has 0 saturated heterocycles. The smallest absolute Gasteiger partial charge is 0.394 e. The lowest BCUT2D eigenvalue weighted by molar-refractivity contribution is -0.659. The third kappa shape index (κ3) is 14.9. The summed E-state index contributed by atoms with van der Waals surface area (Å²) in [5.41, 5.74) is 16.2. The van der Waals surface area contributed by atoms with Crippen LogP contribution in [0.3, 0.4) is 0 Å². The predicted octanol–water partition coefficient (Wildman–Crippen LogP) is 26.4. The van der Waals surface area contributed by atoms with E-state index in [4.69, 9.17) is 17.7 Å². The van der Waals surface area contributed by atoms with E-state index in [1.165, 1.54) is 67.5 Å². The summed E-state index contributed by atoms with van der Waals surface area (Å²) >= 11 is 0. The number of pyridine rings is 8. The first kappa shape index (κ1) is 83.4. The molecule has 12 nitrogen and oxygen atoms in total. The standard InChI is InChI=1S/C27H22F5N2O.C27H23F2N2O.C27H25F2N2O.C23H18FN2O/c1-14-5-7-18-22-19(28)12-20(29)33-25(22)35-24(18)21(14)23-17-8-6-15(11-16(17)9-10-34(23)4)13-26(2,3)27(30,31)32;1-15-7-9-20-24-21(28)14-22(29)30-27(24)32-26(20)23(15)25-19-10-8-17(16-5-3-4-6-16)13-18(19)11-12-31(25)2;1-15-6-8-19-23-20(28)13-21(29)30-26(23)32-25(19)22(15)24-18-9-7-16(14-27(2,3)4)12-17(18)10-11-31(24)5;1-13-12-18-17-8-9-19(24)25-23(17)27-22(18)20(14(13)2)21-16-7-5-4-6-15(16)10-11-26(21)3/h5-12H,13H2,1-4H3;7-14,16H,3-6H2,1-2H3;6-13H,14H2,1-5H3;4-12H,1-3H3/q4*+1. The van der Waals surface area contributed by atoms with Crippen molar-refractivity contribution in [3.63, 3.8) is 0 Å². The van der Waals surface area contributed by atoms with Crippen molar-refractivity contribution in [2.24, 2.45) is 39.0 Å². The van der Waals surface area contributed by atoms with Crippen LogP contribution in [0.25, 0.3) is 176 Å². The van der Waals surface area contributed by atoms with Gasteiger partial charge in [0, 0.05) is 69.4 Å². The fourth-order valence-corrected chi connectivity index (χ4v) is 18.5. The second kappa shape index (κ2) is 31.6. The number of nitrogens with zero attached hydrogens (tertiary/aromatic N) is 8. The summed E-state index contributed by atoms with van der Waals surface area (Å²) in [6.07, 6.45) is 9.57. The lowest BCUT2D eigenvalue weighted by Crippen LogP contribution is -2.34. The maximum atomic E-state index is 14.6. The van der Waals surface area contributed by atoms with Gasteiger partial charge in [-0.2, -0.15) is 50.7 Å². The highest BCUT2D eigenvalue weighted by Crippen LogP contribution is 2.48. The molecule has 0 aliphatic heterocycles. The molecule has 0 N–H and O–H groups in total. The van der Waals surface area contributed by atoms with Crippen LogP contribution < -0.4 is 18.3 Å². The van der Waals surface area contributed by atoms with Crippen LogP contribution in [0.5, 0.6) is 0 Å². The van der Waals surface area contributed by atoms with Gasteiger partial charge in [-0.3, -0.25) is 0 Å². The quantitative estimate of drug-likeness (QED) is 0.0838. The Morgan fingerprint density at radius 2 is 0.706 bits per heavy atom. The van der Waals surface area contributed by atoms with Crippen molar-refractivity contribution >= 4 is 131 Å². The molecule has 21 rings (SSSR count). The zero-order valence-electron chi connectivity index (χ0n) is 71.9. The summed E-state index contributed by atoms with van der Waals surface area (Å²) in [5, 5.41) is 12.3. The molecule has 0 unspecified atom stereocenters. The maximum Gasteiger partial charge on any atom is 0.394 e. The molecule has 0 radical (unpaired) electrons. The van der Waals surface area contributed by atoms with E-state index in [2.05, 4.69) is 149 Å². The SMILES string of the molecule is Cc1cc2c(oc3nc(F)ccc32)c(-c2c3ccccc3cc[n+]2C)c1C.Cc1ccc2c(oc3nc(F)cc(F)c32)c1-c1c2ccc(C3CCCC3)cc2cc[n+]1C.Cc1ccc2c(oc3nc(F)cc(F)c32)c1-c1c2ccc(CC(C)(C)C(F)(F)F)cc2cc[n+]1C.Cc1ccc2c(oc3nc(F)cc(F)c32)c1-c1c2ccc(CC(C)(C)C)cc2cc[n+]1C. The van der Waals surface area contributed by atoms with E-state index in [1.807, 2.05) is 119 Å². The number of alkyl halides is 3. The lowest BCUT2D eigenvalue weighted by Gasteiger charge is -2.27. The molecule has 0 bridgehead atoms. The van der Waals surface area contributed by atoms with Crippen molar-refractivity contribution in [3.05, 3.63) is 286 Å². The number of hydrogen-bond donors (Lipinski definition) is 0. The maximum absolute atomic E-state index is 14.6.